The van der Waals surface area contributed by atoms with Gasteiger partial charge >= 0.3 is 29.6 Å². The average Bonchev–Trinajstić information content (AvgIpc) is 1.88. The number of hydrogen-bond donors (Lipinski definition) is 0. The van der Waals surface area contributed by atoms with Crippen LogP contribution in [-0.4, -0.2) is 13.7 Å². The predicted octanol–water partition coefficient (Wildman–Crippen LogP) is -2.02. The maximum Gasteiger partial charge on any atom is 1.00 e. The Morgan fingerprint density at radius 1 is 1.55 bits per heavy atom. The van der Waals surface area contributed by atoms with Crippen LogP contribution in [0, 0.1) is 0 Å². The van der Waals surface area contributed by atoms with Crippen LogP contribution in [0.25, 0.3) is 0 Å². The third-order valence-corrected chi connectivity index (χ3v) is 1.69. The molecule has 0 aliphatic rings. The van der Waals surface area contributed by atoms with E-state index in [0.29, 0.717) is 5.02 Å². The van der Waals surface area contributed by atoms with E-state index in [2.05, 4.69) is 4.98 Å². The monoisotopic (exact) mass is 199 g/mol. The van der Waals surface area contributed by atoms with E-state index in [-0.39, 0.29) is 34.5 Å². The van der Waals surface area contributed by atoms with Gasteiger partial charge in [-0.1, -0.05) is 11.6 Å². The zero-order valence-corrected chi connectivity index (χ0v) is 9.35. The zero-order valence-electron chi connectivity index (χ0n) is 5.78. The second kappa shape index (κ2) is 5.24. The predicted molar refractivity (Wildman–Crippen MR) is 36.4 cm³/mol. The molecule has 0 aromatic carbocycles. The molecule has 1 heterocycles. The molecule has 1 aromatic heterocycles. The number of rotatable bonds is 1. The molecule has 54 valence electrons. The normalized spacial score (nSPS) is 11.8. The topological polar surface area (TPSA) is 53.0 Å². The van der Waals surface area contributed by atoms with Crippen LogP contribution in [0.2, 0.25) is 5.02 Å². The average molecular weight is 200 g/mol. The Bertz CT molecular complexity index is 270. The molecule has 0 aliphatic carbocycles. The molecule has 6 heteroatoms. The van der Waals surface area contributed by atoms with Crippen molar-refractivity contribution in [1.29, 1.82) is 0 Å². The van der Waals surface area contributed by atoms with Crippen LogP contribution in [0.5, 0.6) is 0 Å². The minimum Gasteiger partial charge on any atom is -0.768 e. The van der Waals surface area contributed by atoms with E-state index in [1.54, 1.807) is 0 Å². The first-order chi connectivity index (χ1) is 4.70. The summed E-state index contributed by atoms with van der Waals surface area (Å²) < 4.78 is 20.5. The van der Waals surface area contributed by atoms with Gasteiger partial charge in [0.05, 0.1) is 5.02 Å². The fourth-order valence-electron chi connectivity index (χ4n) is 0.484. The Labute approximate surface area is 93.7 Å². The van der Waals surface area contributed by atoms with E-state index in [9.17, 15) is 8.76 Å². The van der Waals surface area contributed by atoms with Crippen LogP contribution < -0.4 is 29.6 Å². The molecule has 0 saturated heterocycles. The molecule has 1 aromatic rings. The van der Waals surface area contributed by atoms with Gasteiger partial charge in [-0.2, -0.15) is 0 Å². The third kappa shape index (κ3) is 3.64. The molecule has 11 heavy (non-hydrogen) atoms. The molecular weight excluding hydrogens is 197 g/mol. The molecule has 0 aliphatic heterocycles. The fourth-order valence-corrected chi connectivity index (χ4v) is 1.09. The fraction of sp³-hybridized carbons (Fsp3) is 0. The molecular formula is C5H3ClNNaO2S. The Morgan fingerprint density at radius 2 is 2.18 bits per heavy atom. The van der Waals surface area contributed by atoms with Crippen molar-refractivity contribution in [3.63, 3.8) is 0 Å². The standard InChI is InChI=1S/C5H4ClNO2S.Na/c6-4-1-5(10(8)9)3-7-2-4;/h1-3H,(H,8,9);/q;+1/p-1. The molecule has 0 saturated carbocycles. The number of halogens is 1. The SMILES string of the molecule is O=S([O-])c1cncc(Cl)c1.[Na+]. The molecule has 1 unspecified atom stereocenters. The van der Waals surface area contributed by atoms with Gasteiger partial charge in [-0.15, -0.1) is 0 Å². The summed E-state index contributed by atoms with van der Waals surface area (Å²) in [6.45, 7) is 0. The minimum absolute atomic E-state index is 0. The van der Waals surface area contributed by atoms with E-state index in [4.69, 9.17) is 11.6 Å². The third-order valence-electron chi connectivity index (χ3n) is 0.872. The van der Waals surface area contributed by atoms with Crippen molar-refractivity contribution in [1.82, 2.24) is 4.98 Å². The summed E-state index contributed by atoms with van der Waals surface area (Å²) in [5, 5.41) is 0.321. The van der Waals surface area contributed by atoms with E-state index < -0.39 is 11.1 Å². The molecule has 3 nitrogen and oxygen atoms in total. The van der Waals surface area contributed by atoms with Crippen molar-refractivity contribution in [3.8, 4) is 0 Å². The first-order valence-electron chi connectivity index (χ1n) is 2.40. The van der Waals surface area contributed by atoms with E-state index in [1.165, 1.54) is 18.5 Å². The molecule has 0 spiro atoms. The zero-order chi connectivity index (χ0) is 7.56. The Hall–Kier alpha value is 0.550. The van der Waals surface area contributed by atoms with Gasteiger partial charge in [0.25, 0.3) is 0 Å². The van der Waals surface area contributed by atoms with E-state index in [0.717, 1.165) is 0 Å². The molecule has 0 N–H and O–H groups in total. The number of aromatic nitrogens is 1. The molecule has 0 radical (unpaired) electrons. The molecule has 1 atom stereocenters. The van der Waals surface area contributed by atoms with Gasteiger partial charge in [-0.25, -0.2) is 0 Å². The maximum atomic E-state index is 10.3. The number of pyridine rings is 1. The summed E-state index contributed by atoms with van der Waals surface area (Å²) in [5.41, 5.74) is 0. The van der Waals surface area contributed by atoms with Crippen molar-refractivity contribution in [3.05, 3.63) is 23.5 Å². The van der Waals surface area contributed by atoms with Crippen molar-refractivity contribution >= 4 is 22.7 Å². The summed E-state index contributed by atoms with van der Waals surface area (Å²) in [7, 11) is 0. The molecule has 0 bridgehead atoms. The maximum absolute atomic E-state index is 10.3. The number of hydrogen-bond acceptors (Lipinski definition) is 3. The summed E-state index contributed by atoms with van der Waals surface area (Å²) in [6.07, 6.45) is 2.60. The molecule has 1 rings (SSSR count). The first-order valence-corrected chi connectivity index (χ1v) is 3.85. The van der Waals surface area contributed by atoms with Gasteiger partial charge in [0.1, 0.15) is 0 Å². The Kier molecular flexibility index (Phi) is 5.50. The van der Waals surface area contributed by atoms with Crippen molar-refractivity contribution in [2.75, 3.05) is 0 Å². The van der Waals surface area contributed by atoms with Crippen molar-refractivity contribution in [2.45, 2.75) is 4.90 Å². The summed E-state index contributed by atoms with van der Waals surface area (Å²) >= 11 is 3.22. The summed E-state index contributed by atoms with van der Waals surface area (Å²) in [5.74, 6) is 0. The largest absolute Gasteiger partial charge is 1.00 e. The van der Waals surface area contributed by atoms with E-state index >= 15 is 0 Å². The van der Waals surface area contributed by atoms with Crippen LogP contribution >= 0.6 is 11.6 Å². The number of nitrogens with zero attached hydrogens (tertiary/aromatic N) is 1. The second-order valence-electron chi connectivity index (χ2n) is 1.57. The van der Waals surface area contributed by atoms with Crippen LogP contribution in [0.4, 0.5) is 0 Å². The molecule has 0 fully saturated rings. The summed E-state index contributed by atoms with van der Waals surface area (Å²) in [4.78, 5) is 3.68. The van der Waals surface area contributed by atoms with Gasteiger partial charge < -0.3 is 4.55 Å². The Morgan fingerprint density at radius 3 is 2.55 bits per heavy atom. The Balaban J connectivity index is 0.000001000. The van der Waals surface area contributed by atoms with Gasteiger partial charge in [-0.05, 0) is 17.1 Å². The van der Waals surface area contributed by atoms with Crippen LogP contribution in [0.3, 0.4) is 0 Å². The molecule has 0 amide bonds. The van der Waals surface area contributed by atoms with E-state index in [1.807, 2.05) is 0 Å². The minimum atomic E-state index is -2.24. The van der Waals surface area contributed by atoms with Crippen LogP contribution in [0.1, 0.15) is 0 Å². The van der Waals surface area contributed by atoms with Gasteiger partial charge in [0, 0.05) is 17.3 Å². The first kappa shape index (κ1) is 11.6. The van der Waals surface area contributed by atoms with Crippen LogP contribution in [-0.2, 0) is 11.1 Å². The van der Waals surface area contributed by atoms with Gasteiger partial charge in [0.15, 0.2) is 0 Å². The van der Waals surface area contributed by atoms with Gasteiger partial charge in [0.2, 0.25) is 0 Å². The van der Waals surface area contributed by atoms with Crippen LogP contribution in [0.15, 0.2) is 23.4 Å². The second-order valence-corrected chi connectivity index (χ2v) is 2.95. The van der Waals surface area contributed by atoms with Crippen molar-refractivity contribution in [2.24, 2.45) is 0 Å². The smallest absolute Gasteiger partial charge is 0.768 e. The van der Waals surface area contributed by atoms with Crippen molar-refractivity contribution < 1.29 is 38.3 Å². The summed E-state index contributed by atoms with van der Waals surface area (Å²) in [6, 6.07) is 1.33. The quantitative estimate of drug-likeness (QED) is 0.388. The van der Waals surface area contributed by atoms with Gasteiger partial charge in [-0.3, -0.25) is 9.19 Å².